The maximum Gasteiger partial charge on any atom is 0.411 e. The number of aromatic nitrogens is 1. The number of carbonyl (C=O) groups excluding carboxylic acids is 2. The third-order valence-electron chi connectivity index (χ3n) is 6.96. The standard InChI is InChI=1S/C27H29N3O3/c1-27(2)24(19-8-4-3-5-9-19)30(26(32)33-27)21-15-13-20(14-16-21)25(31)29-22-12-6-10-18-11-7-17-28-23(18)22/h3-12,17,20-21,24H,13-16H2,1-2H3,(H,29,31)/t20-,21-,24-/m0/s1. The SMILES string of the molecule is CC1(C)OC(=O)N([C@H]2CC[C@H](C(=O)Nc3cccc4cccnc34)CC2)[C@H]1c1ccccc1. The maximum atomic E-state index is 13.0. The van der Waals surface area contributed by atoms with Crippen molar-refractivity contribution in [3.8, 4) is 0 Å². The molecule has 2 aromatic carbocycles. The number of nitrogens with one attached hydrogen (secondary N) is 1. The van der Waals surface area contributed by atoms with E-state index < -0.39 is 5.60 Å². The Morgan fingerprint density at radius 1 is 1.00 bits per heavy atom. The van der Waals surface area contributed by atoms with Crippen LogP contribution in [-0.2, 0) is 9.53 Å². The van der Waals surface area contributed by atoms with E-state index in [1.165, 1.54) is 0 Å². The van der Waals surface area contributed by atoms with E-state index in [2.05, 4.69) is 22.4 Å². The lowest BCUT2D eigenvalue weighted by atomic mass is 9.82. The van der Waals surface area contributed by atoms with Gasteiger partial charge in [-0.1, -0.05) is 48.5 Å². The zero-order chi connectivity index (χ0) is 23.0. The van der Waals surface area contributed by atoms with Crippen LogP contribution < -0.4 is 5.32 Å². The predicted molar refractivity (Wildman–Crippen MR) is 128 cm³/mol. The van der Waals surface area contributed by atoms with Gasteiger partial charge in [-0.15, -0.1) is 0 Å². The number of carbonyl (C=O) groups is 2. The van der Waals surface area contributed by atoms with E-state index in [0.29, 0.717) is 0 Å². The second-order valence-corrected chi connectivity index (χ2v) is 9.57. The maximum absolute atomic E-state index is 13.0. The Morgan fingerprint density at radius 3 is 2.48 bits per heavy atom. The van der Waals surface area contributed by atoms with Gasteiger partial charge in [-0.2, -0.15) is 0 Å². The molecule has 1 aromatic heterocycles. The average molecular weight is 444 g/mol. The quantitative estimate of drug-likeness (QED) is 0.561. The highest BCUT2D eigenvalue weighted by Crippen LogP contribution is 2.45. The van der Waals surface area contributed by atoms with Gasteiger partial charge in [0.2, 0.25) is 5.91 Å². The van der Waals surface area contributed by atoms with Crippen molar-refractivity contribution in [1.82, 2.24) is 9.88 Å². The number of rotatable bonds is 4. The molecule has 3 aromatic rings. The summed E-state index contributed by atoms with van der Waals surface area (Å²) in [5.74, 6) is -0.0578. The molecule has 1 saturated carbocycles. The van der Waals surface area contributed by atoms with Gasteiger partial charge < -0.3 is 10.1 Å². The lowest BCUT2D eigenvalue weighted by Gasteiger charge is -2.38. The van der Waals surface area contributed by atoms with Crippen LogP contribution in [0.4, 0.5) is 10.5 Å². The van der Waals surface area contributed by atoms with Crippen LogP contribution in [0.3, 0.4) is 0 Å². The molecule has 0 bridgehead atoms. The molecule has 0 spiro atoms. The van der Waals surface area contributed by atoms with Gasteiger partial charge in [0, 0.05) is 23.5 Å². The van der Waals surface area contributed by atoms with E-state index in [1.54, 1.807) is 6.20 Å². The van der Waals surface area contributed by atoms with E-state index in [1.807, 2.05) is 67.3 Å². The molecule has 1 N–H and O–H groups in total. The first-order valence-electron chi connectivity index (χ1n) is 11.6. The van der Waals surface area contributed by atoms with E-state index in [4.69, 9.17) is 4.74 Å². The molecule has 0 radical (unpaired) electrons. The largest absolute Gasteiger partial charge is 0.441 e. The van der Waals surface area contributed by atoms with Crippen LogP contribution in [0.15, 0.2) is 66.9 Å². The number of anilines is 1. The number of benzene rings is 2. The first-order chi connectivity index (χ1) is 15.9. The molecule has 2 aliphatic rings. The van der Waals surface area contributed by atoms with Crippen LogP contribution >= 0.6 is 0 Å². The monoisotopic (exact) mass is 443 g/mol. The van der Waals surface area contributed by atoms with E-state index in [-0.39, 0.29) is 30.0 Å². The van der Waals surface area contributed by atoms with Crippen molar-refractivity contribution in [2.75, 3.05) is 5.32 Å². The van der Waals surface area contributed by atoms with Gasteiger partial charge in [0.25, 0.3) is 0 Å². The number of cyclic esters (lactones) is 1. The highest BCUT2D eigenvalue weighted by Gasteiger charge is 2.51. The Bertz CT molecular complexity index is 1160. The summed E-state index contributed by atoms with van der Waals surface area (Å²) in [5.41, 5.74) is 2.02. The Labute approximate surface area is 194 Å². The number of nitrogens with zero attached hydrogens (tertiary/aromatic N) is 2. The molecule has 2 heterocycles. The van der Waals surface area contributed by atoms with Crippen LogP contribution in [0.5, 0.6) is 0 Å². The summed E-state index contributed by atoms with van der Waals surface area (Å²) in [6.07, 6.45) is 4.51. The molecule has 5 rings (SSSR count). The molecular weight excluding hydrogens is 414 g/mol. The van der Waals surface area contributed by atoms with Crippen molar-refractivity contribution in [1.29, 1.82) is 0 Å². The van der Waals surface area contributed by atoms with Gasteiger partial charge >= 0.3 is 6.09 Å². The van der Waals surface area contributed by atoms with E-state index in [0.717, 1.165) is 47.8 Å². The van der Waals surface area contributed by atoms with Crippen LogP contribution in [0.1, 0.15) is 51.1 Å². The number of amides is 2. The number of hydrogen-bond acceptors (Lipinski definition) is 4. The smallest absolute Gasteiger partial charge is 0.411 e. The first kappa shape index (κ1) is 21.4. The Hall–Kier alpha value is -3.41. The van der Waals surface area contributed by atoms with Gasteiger partial charge in [-0.25, -0.2) is 4.79 Å². The summed E-state index contributed by atoms with van der Waals surface area (Å²) < 4.78 is 5.78. The zero-order valence-electron chi connectivity index (χ0n) is 19.0. The van der Waals surface area contributed by atoms with Gasteiger partial charge in [-0.05, 0) is 57.2 Å². The van der Waals surface area contributed by atoms with Crippen molar-refractivity contribution in [3.05, 3.63) is 72.4 Å². The first-order valence-corrected chi connectivity index (χ1v) is 11.6. The van der Waals surface area contributed by atoms with Crippen molar-refractivity contribution < 1.29 is 14.3 Å². The highest BCUT2D eigenvalue weighted by atomic mass is 16.6. The summed E-state index contributed by atoms with van der Waals surface area (Å²) >= 11 is 0. The molecule has 2 amide bonds. The summed E-state index contributed by atoms with van der Waals surface area (Å²) in [6, 6.07) is 19.7. The van der Waals surface area contributed by atoms with Gasteiger partial charge in [0.1, 0.15) is 5.60 Å². The Morgan fingerprint density at radius 2 is 1.73 bits per heavy atom. The Balaban J connectivity index is 1.28. The topological polar surface area (TPSA) is 71.5 Å². The fourth-order valence-electron chi connectivity index (χ4n) is 5.39. The number of pyridine rings is 1. The minimum absolute atomic E-state index is 0.0236. The number of para-hydroxylation sites is 1. The molecule has 0 unspecified atom stereocenters. The van der Waals surface area contributed by atoms with Gasteiger partial charge in [-0.3, -0.25) is 14.7 Å². The predicted octanol–water partition coefficient (Wildman–Crippen LogP) is 5.70. The minimum atomic E-state index is -0.603. The molecule has 1 aliphatic heterocycles. The summed E-state index contributed by atoms with van der Waals surface area (Å²) in [4.78, 5) is 32.3. The van der Waals surface area contributed by atoms with E-state index >= 15 is 0 Å². The second-order valence-electron chi connectivity index (χ2n) is 9.57. The van der Waals surface area contributed by atoms with Gasteiger partial charge in [0.05, 0.1) is 17.2 Å². The highest BCUT2D eigenvalue weighted by molar-refractivity contribution is 6.01. The summed E-state index contributed by atoms with van der Waals surface area (Å²) in [5, 5.41) is 4.09. The molecule has 170 valence electrons. The third kappa shape index (κ3) is 4.06. The van der Waals surface area contributed by atoms with E-state index in [9.17, 15) is 9.59 Å². The minimum Gasteiger partial charge on any atom is -0.441 e. The fraction of sp³-hybridized carbons (Fsp3) is 0.370. The van der Waals surface area contributed by atoms with Crippen molar-refractivity contribution in [3.63, 3.8) is 0 Å². The molecule has 1 atom stereocenters. The average Bonchev–Trinajstić information content (AvgIpc) is 3.08. The van der Waals surface area contributed by atoms with Crippen LogP contribution in [-0.4, -0.2) is 33.5 Å². The number of hydrogen-bond donors (Lipinski definition) is 1. The van der Waals surface area contributed by atoms with Crippen LogP contribution in [0, 0.1) is 5.92 Å². The molecule has 6 heteroatoms. The van der Waals surface area contributed by atoms with Crippen molar-refractivity contribution in [2.24, 2.45) is 5.92 Å². The fourth-order valence-corrected chi connectivity index (χ4v) is 5.39. The van der Waals surface area contributed by atoms with Crippen molar-refractivity contribution in [2.45, 2.75) is 57.2 Å². The number of ether oxygens (including phenoxy) is 1. The molecular formula is C27H29N3O3. The molecule has 1 aliphatic carbocycles. The zero-order valence-corrected chi connectivity index (χ0v) is 19.0. The van der Waals surface area contributed by atoms with Crippen LogP contribution in [0.25, 0.3) is 10.9 Å². The summed E-state index contributed by atoms with van der Waals surface area (Å²) in [6.45, 7) is 3.94. The normalized spacial score (nSPS) is 24.5. The van der Waals surface area contributed by atoms with Crippen molar-refractivity contribution >= 4 is 28.6 Å². The molecule has 33 heavy (non-hydrogen) atoms. The third-order valence-corrected chi connectivity index (χ3v) is 6.96. The molecule has 6 nitrogen and oxygen atoms in total. The molecule has 1 saturated heterocycles. The second kappa shape index (κ2) is 8.50. The Kier molecular flexibility index (Phi) is 5.52. The summed E-state index contributed by atoms with van der Waals surface area (Å²) in [7, 11) is 0. The van der Waals surface area contributed by atoms with Gasteiger partial charge in [0.15, 0.2) is 0 Å². The number of fused-ring (bicyclic) bond motifs is 1. The van der Waals surface area contributed by atoms with Crippen LogP contribution in [0.2, 0.25) is 0 Å². The lowest BCUT2D eigenvalue weighted by Crippen LogP contribution is -2.43. The lowest BCUT2D eigenvalue weighted by molar-refractivity contribution is -0.121. The molecule has 2 fully saturated rings.